The van der Waals surface area contributed by atoms with E-state index >= 15 is 0 Å². The summed E-state index contributed by atoms with van der Waals surface area (Å²) in [6.45, 7) is 14.0. The van der Waals surface area contributed by atoms with Gasteiger partial charge in [0.05, 0.1) is 11.3 Å². The van der Waals surface area contributed by atoms with Crippen LogP contribution in [-0.4, -0.2) is 70.4 Å². The van der Waals surface area contributed by atoms with Gasteiger partial charge in [-0.05, 0) is 50.0 Å². The third kappa shape index (κ3) is 5.07. The minimum Gasteiger partial charge on any atom is -0.458 e. The number of nitriles is 1. The maximum Gasteiger partial charge on any atom is 0.303 e. The second-order valence-corrected chi connectivity index (χ2v) is 11.1. The molecular weight excluding hydrogens is 456 g/mol. The Morgan fingerprint density at radius 3 is 2.61 bits per heavy atom. The van der Waals surface area contributed by atoms with Gasteiger partial charge >= 0.3 is 5.97 Å². The summed E-state index contributed by atoms with van der Waals surface area (Å²) in [5.74, 6) is 1.56. The highest BCUT2D eigenvalue weighted by atomic mass is 16.5. The lowest BCUT2D eigenvalue weighted by Crippen LogP contribution is -2.56. The van der Waals surface area contributed by atoms with Gasteiger partial charge in [0.25, 0.3) is 0 Å². The topological polar surface area (TPSA) is 129 Å². The number of aliphatic hydroxyl groups is 1. The van der Waals surface area contributed by atoms with Crippen molar-refractivity contribution < 1.29 is 14.6 Å². The molecule has 1 aromatic heterocycles. The smallest absolute Gasteiger partial charge is 0.303 e. The minimum atomic E-state index is -0.847. The molecule has 0 radical (unpaired) electrons. The number of carbonyl (C=O) groups excluding carboxylic acids is 1. The Labute approximate surface area is 214 Å². The molecule has 36 heavy (non-hydrogen) atoms. The molecule has 1 aliphatic heterocycles. The molecule has 9 nitrogen and oxygen atoms in total. The number of ether oxygens (including phenoxy) is 1. The first-order chi connectivity index (χ1) is 17.0. The van der Waals surface area contributed by atoms with Crippen molar-refractivity contribution in [2.45, 2.75) is 65.6 Å². The molecule has 1 saturated carbocycles. The number of hydrogen-bond donors (Lipinski definition) is 2. The number of piperazine rings is 1. The maximum atomic E-state index is 11.8. The molecule has 9 heteroatoms. The van der Waals surface area contributed by atoms with Crippen LogP contribution in [0.25, 0.3) is 0 Å². The number of nitrogen functional groups attached to an aromatic ring is 1. The van der Waals surface area contributed by atoms with Crippen LogP contribution in [0.5, 0.6) is 0 Å². The number of anilines is 2. The summed E-state index contributed by atoms with van der Waals surface area (Å²) in [4.78, 5) is 25.1. The van der Waals surface area contributed by atoms with Crippen molar-refractivity contribution in [2.75, 3.05) is 43.4 Å². The van der Waals surface area contributed by atoms with E-state index in [9.17, 15) is 15.2 Å². The van der Waals surface area contributed by atoms with Crippen molar-refractivity contribution in [2.24, 2.45) is 23.7 Å². The summed E-state index contributed by atoms with van der Waals surface area (Å²) in [6, 6.07) is 2.07. The Morgan fingerprint density at radius 1 is 1.31 bits per heavy atom. The molecule has 0 bridgehead atoms. The van der Waals surface area contributed by atoms with E-state index in [1.54, 1.807) is 6.92 Å². The van der Waals surface area contributed by atoms with Crippen LogP contribution in [0.15, 0.2) is 11.6 Å². The third-order valence-electron chi connectivity index (χ3n) is 8.75. The third-order valence-corrected chi connectivity index (χ3v) is 8.75. The van der Waals surface area contributed by atoms with Crippen LogP contribution < -0.4 is 10.6 Å². The minimum absolute atomic E-state index is 0.0716. The molecule has 6 atom stereocenters. The zero-order chi connectivity index (χ0) is 26.2. The van der Waals surface area contributed by atoms with Gasteiger partial charge in [-0.3, -0.25) is 9.69 Å². The highest BCUT2D eigenvalue weighted by Gasteiger charge is 2.52. The lowest BCUT2D eigenvalue weighted by Gasteiger charge is -2.53. The van der Waals surface area contributed by atoms with E-state index in [4.69, 9.17) is 10.5 Å². The highest BCUT2D eigenvalue weighted by Crippen LogP contribution is 2.51. The average molecular weight is 497 g/mol. The molecule has 0 amide bonds. The van der Waals surface area contributed by atoms with E-state index < -0.39 is 5.60 Å². The van der Waals surface area contributed by atoms with Gasteiger partial charge in [0.15, 0.2) is 0 Å². The molecule has 3 N–H and O–H groups in total. The second-order valence-electron chi connectivity index (χ2n) is 11.1. The Kier molecular flexibility index (Phi) is 7.58. The van der Waals surface area contributed by atoms with E-state index in [2.05, 4.69) is 45.8 Å². The standard InChI is InChI=1S/C27H40N6O3/c1-16-12-23-21(7-6-18(3)27(23,35)13-24(16)36-20(5)34)17(2)15-32-8-10-33(11-9-32)26-30-19(4)22(14-28)25(29)31-26/h12,17-18,21,23-24,35H,6-11,13,15H2,1-5H3,(H2,29,30,31)/t17-,18-,21+,23-,24-,27-/m1/s1. The number of nitrogens with zero attached hydrogens (tertiary/aromatic N) is 5. The van der Waals surface area contributed by atoms with Crippen molar-refractivity contribution in [1.29, 1.82) is 5.26 Å². The van der Waals surface area contributed by atoms with Gasteiger partial charge in [-0.25, -0.2) is 4.98 Å². The lowest BCUT2D eigenvalue weighted by molar-refractivity contribution is -0.159. The summed E-state index contributed by atoms with van der Waals surface area (Å²) < 4.78 is 5.54. The van der Waals surface area contributed by atoms with Gasteiger partial charge in [0, 0.05) is 52.0 Å². The molecule has 0 spiro atoms. The van der Waals surface area contributed by atoms with Crippen LogP contribution in [0.2, 0.25) is 0 Å². The van der Waals surface area contributed by atoms with E-state index in [1.165, 1.54) is 6.92 Å². The maximum absolute atomic E-state index is 11.8. The summed E-state index contributed by atoms with van der Waals surface area (Å²) in [6.07, 6.45) is 4.41. The van der Waals surface area contributed by atoms with Crippen LogP contribution in [0.4, 0.5) is 11.8 Å². The van der Waals surface area contributed by atoms with Crippen molar-refractivity contribution >= 4 is 17.7 Å². The molecule has 196 valence electrons. The van der Waals surface area contributed by atoms with Crippen molar-refractivity contribution in [1.82, 2.24) is 14.9 Å². The largest absolute Gasteiger partial charge is 0.458 e. The highest BCUT2D eigenvalue weighted by molar-refractivity contribution is 5.66. The summed E-state index contributed by atoms with van der Waals surface area (Å²) in [7, 11) is 0. The van der Waals surface area contributed by atoms with E-state index in [-0.39, 0.29) is 29.7 Å². The number of hydrogen-bond acceptors (Lipinski definition) is 9. The van der Waals surface area contributed by atoms with Crippen LogP contribution in [0.1, 0.15) is 58.2 Å². The van der Waals surface area contributed by atoms with Crippen LogP contribution in [0.3, 0.4) is 0 Å². The molecule has 2 fully saturated rings. The van der Waals surface area contributed by atoms with E-state index in [1.807, 2.05) is 6.92 Å². The first kappa shape index (κ1) is 26.4. The first-order valence-electron chi connectivity index (χ1n) is 13.1. The predicted molar refractivity (Wildman–Crippen MR) is 138 cm³/mol. The number of nitrogens with two attached hydrogens (primary N) is 1. The fourth-order valence-corrected chi connectivity index (χ4v) is 6.53. The zero-order valence-corrected chi connectivity index (χ0v) is 22.2. The monoisotopic (exact) mass is 496 g/mol. The molecule has 0 unspecified atom stereocenters. The van der Waals surface area contributed by atoms with Gasteiger partial charge in [0.1, 0.15) is 23.6 Å². The summed E-state index contributed by atoms with van der Waals surface area (Å²) in [5.41, 5.74) is 7.14. The van der Waals surface area contributed by atoms with E-state index in [0.717, 1.165) is 51.1 Å². The van der Waals surface area contributed by atoms with E-state index in [0.29, 0.717) is 35.5 Å². The number of aromatic nitrogens is 2. The van der Waals surface area contributed by atoms with Gasteiger partial charge in [0.2, 0.25) is 5.95 Å². The number of aryl methyl sites for hydroxylation is 1. The molecule has 1 saturated heterocycles. The molecule has 2 heterocycles. The molecule has 0 aromatic carbocycles. The van der Waals surface area contributed by atoms with Crippen molar-refractivity contribution in [3.8, 4) is 6.07 Å². The van der Waals surface area contributed by atoms with Gasteiger partial charge in [-0.15, -0.1) is 0 Å². The number of rotatable bonds is 5. The van der Waals surface area contributed by atoms with Crippen molar-refractivity contribution in [3.05, 3.63) is 22.9 Å². The molecule has 3 aliphatic rings. The number of esters is 1. The van der Waals surface area contributed by atoms with Gasteiger partial charge in [-0.2, -0.15) is 10.2 Å². The Bertz CT molecular complexity index is 1040. The summed E-state index contributed by atoms with van der Waals surface area (Å²) in [5, 5.41) is 21.1. The summed E-state index contributed by atoms with van der Waals surface area (Å²) >= 11 is 0. The SMILES string of the molecule is CC(=O)O[C@@H]1C[C@@]2(O)[C@H](C)CC[C@@H]([C@H](C)CN3CCN(c4nc(C)c(C#N)c(N)n4)CC3)[C@H]2C=C1C. The number of carbonyl (C=O) groups is 1. The van der Waals surface area contributed by atoms with Crippen LogP contribution in [-0.2, 0) is 9.53 Å². The van der Waals surface area contributed by atoms with Crippen molar-refractivity contribution in [3.63, 3.8) is 0 Å². The van der Waals surface area contributed by atoms with Crippen LogP contribution in [0, 0.1) is 41.9 Å². The fraction of sp³-hybridized carbons (Fsp3) is 0.704. The number of fused-ring (bicyclic) bond motifs is 1. The first-order valence-corrected chi connectivity index (χ1v) is 13.1. The Hall–Kier alpha value is -2.70. The molecule has 1 aromatic rings. The average Bonchev–Trinajstić information content (AvgIpc) is 2.81. The lowest BCUT2D eigenvalue weighted by atomic mass is 9.57. The predicted octanol–water partition coefficient (Wildman–Crippen LogP) is 2.67. The van der Waals surface area contributed by atoms with Gasteiger partial charge < -0.3 is 20.5 Å². The zero-order valence-electron chi connectivity index (χ0n) is 22.2. The quantitative estimate of drug-likeness (QED) is 0.467. The molecule has 4 rings (SSSR count). The van der Waals surface area contributed by atoms with Crippen LogP contribution >= 0.6 is 0 Å². The Morgan fingerprint density at radius 2 is 2.00 bits per heavy atom. The second kappa shape index (κ2) is 10.3. The Balaban J connectivity index is 1.41. The normalized spacial score (nSPS) is 31.7. The van der Waals surface area contributed by atoms with Gasteiger partial charge in [-0.1, -0.05) is 19.9 Å². The molecule has 2 aliphatic carbocycles. The molecular formula is C27H40N6O3. The fourth-order valence-electron chi connectivity index (χ4n) is 6.53.